The van der Waals surface area contributed by atoms with Crippen LogP contribution in [0.25, 0.3) is 0 Å². The van der Waals surface area contributed by atoms with E-state index in [1.165, 1.54) is 18.0 Å². The number of aryl methyl sites for hydroxylation is 2. The third-order valence-corrected chi connectivity index (χ3v) is 8.66. The molecule has 0 aliphatic carbocycles. The number of methoxy groups -OCH3 is 3. The van der Waals surface area contributed by atoms with Gasteiger partial charge in [0.2, 0.25) is 17.6 Å². The molecule has 266 valence electrons. The zero-order valence-electron chi connectivity index (χ0n) is 35.9. The van der Waals surface area contributed by atoms with Crippen LogP contribution in [0, 0.1) is 13.8 Å². The largest absolute Gasteiger partial charge is 0.493 e. The molecule has 50 heavy (non-hydrogen) atoms. The molecule has 2 heterocycles. The normalized spacial score (nSPS) is 20.4. The Morgan fingerprint density at radius 3 is 2.30 bits per heavy atom. The number of nitrogens with zero attached hydrogens (tertiary/aromatic N) is 2. The summed E-state index contributed by atoms with van der Waals surface area (Å²) in [5.74, 6) is -9.46. The number of likely N-dealkylation sites (N-methyl/N-ethyl adjacent to an activating group) is 1. The van der Waals surface area contributed by atoms with E-state index in [4.69, 9.17) is 42.9 Å². The Balaban J connectivity index is 1.59. The van der Waals surface area contributed by atoms with E-state index >= 15 is 0 Å². The third-order valence-electron chi connectivity index (χ3n) is 8.29. The summed E-state index contributed by atoms with van der Waals surface area (Å²) in [5, 5.41) is 4.20. The number of hydrogen-bond acceptors (Lipinski definition) is 8. The van der Waals surface area contributed by atoms with Crippen molar-refractivity contribution in [3.8, 4) is 28.7 Å². The summed E-state index contributed by atoms with van der Waals surface area (Å²) in [4.78, 5) is 57.1. The zero-order valence-corrected chi connectivity index (χ0v) is 27.6. The van der Waals surface area contributed by atoms with E-state index < -0.39 is 104 Å². The fraction of sp³-hybridized carbons (Fsp3) is 0.371. The number of benzene rings is 3. The maximum Gasteiger partial charge on any atom is 0.257 e. The lowest BCUT2D eigenvalue weighted by Crippen LogP contribution is -2.48. The maximum absolute atomic E-state index is 14.1. The predicted molar refractivity (Wildman–Crippen MR) is 181 cm³/mol. The van der Waals surface area contributed by atoms with Crippen molar-refractivity contribution in [1.82, 2.24) is 9.80 Å². The molecule has 12 nitrogen and oxygen atoms in total. The van der Waals surface area contributed by atoms with Crippen LogP contribution in [0.5, 0.6) is 28.7 Å². The molecule has 0 bridgehead atoms. The van der Waals surface area contributed by atoms with E-state index in [1.807, 2.05) is 6.07 Å². The Hall–Kier alpha value is -5.11. The summed E-state index contributed by atoms with van der Waals surface area (Å²) >= 11 is 6.47. The van der Waals surface area contributed by atoms with Crippen molar-refractivity contribution in [3.63, 3.8) is 0 Å². The Bertz CT molecular complexity index is 2160. The number of piperidine rings is 1. The average molecular weight is 724 g/mol. The summed E-state index contributed by atoms with van der Waals surface area (Å²) in [6, 6.07) is 6.73. The van der Waals surface area contributed by atoms with Crippen LogP contribution in [0.1, 0.15) is 63.4 Å². The number of hydrogen-bond donors (Lipinski definition) is 2. The SMILES string of the molecule is [2H]C([2H])([2H])Oc1cc(C(=O)Nc2cc3c(cc2Oc2cc(C)cc(C)c2)C(=O)N(C)[C@@H](CC(=O)N2CCC(F)(F)CC2)C(=O)N3)c(Cl)c(OC([2H])([2H])[2H])c1OC([2H])([2H])[2H]. The Labute approximate surface area is 305 Å². The van der Waals surface area contributed by atoms with Gasteiger partial charge in [-0.2, -0.15) is 0 Å². The lowest BCUT2D eigenvalue weighted by molar-refractivity contribution is -0.140. The van der Waals surface area contributed by atoms with E-state index in [-0.39, 0.29) is 41.5 Å². The van der Waals surface area contributed by atoms with Crippen molar-refractivity contribution >= 4 is 46.6 Å². The first-order chi connectivity index (χ1) is 27.1. The first-order valence-electron chi connectivity index (χ1n) is 19.5. The highest BCUT2D eigenvalue weighted by molar-refractivity contribution is 6.36. The highest BCUT2D eigenvalue weighted by atomic mass is 35.5. The van der Waals surface area contributed by atoms with Gasteiger partial charge in [0, 0.05) is 33.0 Å². The maximum atomic E-state index is 14.1. The van der Waals surface area contributed by atoms with Crippen LogP contribution in [0.3, 0.4) is 0 Å². The molecule has 0 saturated carbocycles. The number of carbonyl (C=O) groups is 4. The molecule has 2 aliphatic rings. The van der Waals surface area contributed by atoms with Crippen LogP contribution in [-0.2, 0) is 9.59 Å². The molecular formula is C35H37ClF2N4O8. The fourth-order valence-corrected chi connectivity index (χ4v) is 5.97. The molecule has 2 aliphatic heterocycles. The highest BCUT2D eigenvalue weighted by Gasteiger charge is 2.39. The average Bonchev–Trinajstić information content (AvgIpc) is 3.15. The Kier molecular flexibility index (Phi) is 7.43. The van der Waals surface area contributed by atoms with Crippen LogP contribution >= 0.6 is 11.6 Å². The quantitative estimate of drug-likeness (QED) is 0.272. The van der Waals surface area contributed by atoms with Crippen molar-refractivity contribution in [2.45, 2.75) is 45.1 Å². The van der Waals surface area contributed by atoms with Gasteiger partial charge in [0.1, 0.15) is 11.8 Å². The number of alkyl halides is 2. The molecule has 1 saturated heterocycles. The molecule has 0 radical (unpaired) electrons. The molecule has 4 amide bonds. The van der Waals surface area contributed by atoms with E-state index in [0.717, 1.165) is 22.1 Å². The van der Waals surface area contributed by atoms with E-state index in [0.29, 0.717) is 6.07 Å². The molecule has 0 spiro atoms. The number of likely N-dealkylation sites (tertiary alicyclic amines) is 1. The highest BCUT2D eigenvalue weighted by Crippen LogP contribution is 2.45. The van der Waals surface area contributed by atoms with E-state index in [9.17, 15) is 28.0 Å². The van der Waals surface area contributed by atoms with E-state index in [1.54, 1.807) is 26.0 Å². The number of ether oxygens (including phenoxy) is 4. The van der Waals surface area contributed by atoms with Gasteiger partial charge < -0.3 is 39.4 Å². The third kappa shape index (κ3) is 7.39. The topological polar surface area (TPSA) is 136 Å². The van der Waals surface area contributed by atoms with E-state index in [2.05, 4.69) is 10.6 Å². The minimum Gasteiger partial charge on any atom is -0.493 e. The van der Waals surface area contributed by atoms with Gasteiger partial charge in [-0.1, -0.05) is 17.7 Å². The second kappa shape index (κ2) is 14.4. The lowest BCUT2D eigenvalue weighted by atomic mass is 10.0. The molecule has 5 rings (SSSR count). The first kappa shape index (κ1) is 25.8. The Morgan fingerprint density at radius 2 is 1.64 bits per heavy atom. The van der Waals surface area contributed by atoms with Gasteiger partial charge in [-0.25, -0.2) is 8.78 Å². The standard InChI is InChI=1S/C35H37ClF2N4O8/c1-18-11-19(2)13-20(12-18)50-26-14-21-23(16-24(26)40-32(44)22-15-27(47-4)30(48-5)31(49-6)29(22)36)39-33(45)25(41(3)34(21)46)17-28(43)42-9-7-35(37,38)8-10-42/h11-16,25H,7-10,17H2,1-6H3,(H,39,45)(H,40,44)/t25-/m0/s1/i4D3,5D3,6D3. The smallest absolute Gasteiger partial charge is 0.257 e. The first-order valence-corrected chi connectivity index (χ1v) is 15.4. The van der Waals surface area contributed by atoms with Crippen molar-refractivity contribution in [1.29, 1.82) is 0 Å². The summed E-state index contributed by atoms with van der Waals surface area (Å²) in [5.41, 5.74) is 0.239. The Morgan fingerprint density at radius 1 is 0.980 bits per heavy atom. The van der Waals surface area contributed by atoms with Crippen LogP contribution in [-0.4, -0.2) is 86.6 Å². The second-order valence-corrected chi connectivity index (χ2v) is 12.2. The van der Waals surface area contributed by atoms with Gasteiger partial charge in [-0.05, 0) is 55.3 Å². The van der Waals surface area contributed by atoms with Crippen molar-refractivity contribution in [3.05, 3.63) is 63.7 Å². The van der Waals surface area contributed by atoms with Gasteiger partial charge in [0.05, 0.1) is 67.4 Å². The van der Waals surface area contributed by atoms with Gasteiger partial charge >= 0.3 is 0 Å². The molecule has 2 N–H and O–H groups in total. The van der Waals surface area contributed by atoms with Crippen LogP contribution in [0.4, 0.5) is 20.2 Å². The van der Waals surface area contributed by atoms with Gasteiger partial charge in [0.15, 0.2) is 17.2 Å². The number of amides is 4. The van der Waals surface area contributed by atoms with Crippen LogP contribution < -0.4 is 29.6 Å². The molecule has 3 aromatic rings. The molecule has 1 fully saturated rings. The van der Waals surface area contributed by atoms with Crippen LogP contribution in [0.15, 0.2) is 36.4 Å². The van der Waals surface area contributed by atoms with Crippen molar-refractivity contribution in [2.75, 3.05) is 51.9 Å². The summed E-state index contributed by atoms with van der Waals surface area (Å²) < 4.78 is 117. The minimum absolute atomic E-state index is 0.156. The number of rotatable bonds is 9. The number of anilines is 2. The van der Waals surface area contributed by atoms with Crippen molar-refractivity contribution in [2.24, 2.45) is 0 Å². The summed E-state index contributed by atoms with van der Waals surface area (Å²) in [6.07, 6.45) is -1.65. The molecule has 1 atom stereocenters. The second-order valence-electron chi connectivity index (χ2n) is 11.8. The predicted octanol–water partition coefficient (Wildman–Crippen LogP) is 6.07. The number of carbonyl (C=O) groups excluding carboxylic acids is 4. The van der Waals surface area contributed by atoms with Gasteiger partial charge in [-0.3, -0.25) is 19.2 Å². The molecule has 0 aromatic heterocycles. The minimum atomic E-state index is -3.35. The van der Waals surface area contributed by atoms with Crippen molar-refractivity contribution < 1.29 is 59.2 Å². The number of fused-ring (bicyclic) bond motifs is 1. The molecule has 15 heteroatoms. The zero-order chi connectivity index (χ0) is 44.0. The van der Waals surface area contributed by atoms with Crippen LogP contribution in [0.2, 0.25) is 5.02 Å². The molecule has 0 unspecified atom stereocenters. The van der Waals surface area contributed by atoms with Gasteiger partial charge in [-0.15, -0.1) is 0 Å². The monoisotopic (exact) mass is 723 g/mol. The summed E-state index contributed by atoms with van der Waals surface area (Å²) in [7, 11) is -8.71. The lowest BCUT2D eigenvalue weighted by Gasteiger charge is -2.33. The van der Waals surface area contributed by atoms with Gasteiger partial charge in [0.25, 0.3) is 17.7 Å². The summed E-state index contributed by atoms with van der Waals surface area (Å²) in [6.45, 7) is 3.08. The number of nitrogens with one attached hydrogen (secondary N) is 2. The molecular weight excluding hydrogens is 678 g/mol. The fourth-order valence-electron chi connectivity index (χ4n) is 5.70. The molecule has 3 aromatic carbocycles. The number of halogens is 3.